The van der Waals surface area contributed by atoms with E-state index in [9.17, 15) is 19.5 Å². The highest BCUT2D eigenvalue weighted by atomic mass is 16.3. The number of hydrogen-bond acceptors (Lipinski definition) is 4. The molecule has 0 saturated heterocycles. The Morgan fingerprint density at radius 2 is 1.77 bits per heavy atom. The standard InChI is InChI=1S/C20H30N2O4/c1-14(2)10-16(18(25)20(3,4)12-23)22-19(26)17(21-13-24)11-15-8-6-5-7-9-15/h5-9,13-14,16-17,23H,10-12H2,1-4H3,(H,21,24)(H,22,26)/t16-,17+/m1/s1. The minimum atomic E-state index is -0.945. The van der Waals surface area contributed by atoms with Gasteiger partial charge in [0, 0.05) is 11.8 Å². The van der Waals surface area contributed by atoms with E-state index in [4.69, 9.17) is 0 Å². The Bertz CT molecular complexity index is 599. The van der Waals surface area contributed by atoms with Crippen LogP contribution in [0, 0.1) is 11.3 Å². The van der Waals surface area contributed by atoms with Gasteiger partial charge >= 0.3 is 0 Å². The highest BCUT2D eigenvalue weighted by Gasteiger charge is 2.35. The molecule has 0 saturated carbocycles. The van der Waals surface area contributed by atoms with E-state index in [1.165, 1.54) is 0 Å². The summed E-state index contributed by atoms with van der Waals surface area (Å²) in [6.45, 7) is 6.93. The van der Waals surface area contributed by atoms with Gasteiger partial charge in [0.15, 0.2) is 5.78 Å². The predicted molar refractivity (Wildman–Crippen MR) is 100 cm³/mol. The lowest BCUT2D eigenvalue weighted by molar-refractivity contribution is -0.135. The fourth-order valence-electron chi connectivity index (χ4n) is 2.68. The molecule has 0 unspecified atom stereocenters. The van der Waals surface area contributed by atoms with Gasteiger partial charge in [0.05, 0.1) is 12.6 Å². The Morgan fingerprint density at radius 1 is 1.15 bits per heavy atom. The van der Waals surface area contributed by atoms with Crippen LogP contribution in [-0.2, 0) is 20.8 Å². The number of benzene rings is 1. The molecule has 0 heterocycles. The van der Waals surface area contributed by atoms with Crippen LogP contribution in [0.5, 0.6) is 0 Å². The van der Waals surface area contributed by atoms with Crippen LogP contribution >= 0.6 is 0 Å². The molecule has 2 amide bonds. The number of ketones is 1. The second kappa shape index (κ2) is 10.1. The van der Waals surface area contributed by atoms with Crippen LogP contribution in [0.4, 0.5) is 0 Å². The minimum absolute atomic E-state index is 0.186. The lowest BCUT2D eigenvalue weighted by Gasteiger charge is -2.29. The molecule has 1 aromatic rings. The topological polar surface area (TPSA) is 95.5 Å². The lowest BCUT2D eigenvalue weighted by Crippen LogP contribution is -2.54. The second-order valence-corrected chi connectivity index (χ2v) is 7.62. The van der Waals surface area contributed by atoms with Crippen molar-refractivity contribution >= 4 is 18.1 Å². The Hall–Kier alpha value is -2.21. The van der Waals surface area contributed by atoms with Crippen molar-refractivity contribution in [2.45, 2.75) is 52.6 Å². The zero-order valence-corrected chi connectivity index (χ0v) is 16.0. The second-order valence-electron chi connectivity index (χ2n) is 7.62. The number of carbonyl (C=O) groups is 3. The number of aliphatic hydroxyl groups excluding tert-OH is 1. The number of aliphatic hydroxyl groups is 1. The monoisotopic (exact) mass is 362 g/mol. The van der Waals surface area contributed by atoms with Crippen LogP contribution in [0.2, 0.25) is 0 Å². The molecule has 2 atom stereocenters. The van der Waals surface area contributed by atoms with E-state index >= 15 is 0 Å². The van der Waals surface area contributed by atoms with E-state index < -0.39 is 23.4 Å². The third-order valence-corrected chi connectivity index (χ3v) is 4.27. The first kappa shape index (κ1) is 21.8. The first-order valence-corrected chi connectivity index (χ1v) is 8.90. The van der Waals surface area contributed by atoms with Crippen LogP contribution in [-0.4, -0.2) is 41.9 Å². The lowest BCUT2D eigenvalue weighted by atomic mass is 9.82. The summed E-state index contributed by atoms with van der Waals surface area (Å²) in [5.41, 5.74) is -0.0377. The van der Waals surface area contributed by atoms with E-state index in [0.717, 1.165) is 5.56 Å². The number of hydrogen-bond donors (Lipinski definition) is 3. The molecule has 3 N–H and O–H groups in total. The first-order chi connectivity index (χ1) is 12.2. The van der Waals surface area contributed by atoms with Gasteiger partial charge in [0.1, 0.15) is 6.04 Å². The van der Waals surface area contributed by atoms with E-state index in [0.29, 0.717) is 19.3 Å². The fraction of sp³-hybridized carbons (Fsp3) is 0.550. The molecule has 6 heteroatoms. The molecular formula is C20H30N2O4. The van der Waals surface area contributed by atoms with Gasteiger partial charge < -0.3 is 15.7 Å². The van der Waals surface area contributed by atoms with Gasteiger partial charge in [0.2, 0.25) is 12.3 Å². The highest BCUT2D eigenvalue weighted by Crippen LogP contribution is 2.21. The van der Waals surface area contributed by atoms with Crippen molar-refractivity contribution in [3.05, 3.63) is 35.9 Å². The molecule has 0 fully saturated rings. The predicted octanol–water partition coefficient (Wildman–Crippen LogP) is 1.46. The van der Waals surface area contributed by atoms with Crippen molar-refractivity contribution in [3.8, 4) is 0 Å². The van der Waals surface area contributed by atoms with Gasteiger partial charge in [-0.25, -0.2) is 0 Å². The Labute approximate surface area is 155 Å². The average molecular weight is 362 g/mol. The summed E-state index contributed by atoms with van der Waals surface area (Å²) in [6, 6.07) is 7.86. The Kier molecular flexibility index (Phi) is 8.45. The largest absolute Gasteiger partial charge is 0.395 e. The van der Waals surface area contributed by atoms with Crippen LogP contribution in [0.1, 0.15) is 39.7 Å². The molecule has 1 rings (SSSR count). The molecule has 0 bridgehead atoms. The molecule has 1 aromatic carbocycles. The molecule has 144 valence electrons. The minimum Gasteiger partial charge on any atom is -0.395 e. The number of rotatable bonds is 11. The Morgan fingerprint density at radius 3 is 2.27 bits per heavy atom. The normalized spacial score (nSPS) is 13.8. The summed E-state index contributed by atoms with van der Waals surface area (Å²) in [7, 11) is 0. The van der Waals surface area contributed by atoms with Crippen LogP contribution < -0.4 is 10.6 Å². The fourth-order valence-corrected chi connectivity index (χ4v) is 2.68. The summed E-state index contributed by atoms with van der Waals surface area (Å²) in [5, 5.41) is 14.8. The van der Waals surface area contributed by atoms with Crippen molar-refractivity contribution in [3.63, 3.8) is 0 Å². The highest BCUT2D eigenvalue weighted by molar-refractivity contribution is 5.94. The maximum absolute atomic E-state index is 12.7. The summed E-state index contributed by atoms with van der Waals surface area (Å²) < 4.78 is 0. The quantitative estimate of drug-likeness (QED) is 0.519. The van der Waals surface area contributed by atoms with Gasteiger partial charge in [0.25, 0.3) is 0 Å². The smallest absolute Gasteiger partial charge is 0.243 e. The van der Waals surface area contributed by atoms with Crippen molar-refractivity contribution in [2.24, 2.45) is 11.3 Å². The first-order valence-electron chi connectivity index (χ1n) is 8.90. The zero-order chi connectivity index (χ0) is 19.7. The molecular weight excluding hydrogens is 332 g/mol. The summed E-state index contributed by atoms with van der Waals surface area (Å²) in [5.74, 6) is -0.439. The Balaban J connectivity index is 2.93. The zero-order valence-electron chi connectivity index (χ0n) is 16.0. The van der Waals surface area contributed by atoms with Gasteiger partial charge in [-0.05, 0) is 17.9 Å². The van der Waals surface area contributed by atoms with Crippen molar-refractivity contribution in [1.82, 2.24) is 10.6 Å². The maximum Gasteiger partial charge on any atom is 0.243 e. The van der Waals surface area contributed by atoms with Crippen molar-refractivity contribution in [1.29, 1.82) is 0 Å². The molecule has 0 aliphatic carbocycles. The van der Waals surface area contributed by atoms with E-state index in [2.05, 4.69) is 10.6 Å². The van der Waals surface area contributed by atoms with E-state index in [1.54, 1.807) is 13.8 Å². The van der Waals surface area contributed by atoms with Crippen LogP contribution in [0.15, 0.2) is 30.3 Å². The molecule has 0 aromatic heterocycles. The van der Waals surface area contributed by atoms with Crippen LogP contribution in [0.25, 0.3) is 0 Å². The molecule has 0 radical (unpaired) electrons. The summed E-state index contributed by atoms with van der Waals surface area (Å²) >= 11 is 0. The van der Waals surface area contributed by atoms with Gasteiger partial charge in [-0.3, -0.25) is 14.4 Å². The van der Waals surface area contributed by atoms with Gasteiger partial charge in [-0.15, -0.1) is 0 Å². The molecule has 0 aliphatic heterocycles. The number of Topliss-reactive ketones (excluding diaryl/α,β-unsaturated/α-hetero) is 1. The molecule has 0 aliphatic rings. The SMILES string of the molecule is CC(C)C[C@@H](NC(=O)[C@H](Cc1ccccc1)NC=O)C(=O)C(C)(C)CO. The average Bonchev–Trinajstić information content (AvgIpc) is 2.60. The number of nitrogens with one attached hydrogen (secondary N) is 2. The third-order valence-electron chi connectivity index (χ3n) is 4.27. The van der Waals surface area contributed by atoms with Crippen LogP contribution in [0.3, 0.4) is 0 Å². The summed E-state index contributed by atoms with van der Waals surface area (Å²) in [6.07, 6.45) is 1.29. The van der Waals surface area contributed by atoms with E-state index in [-0.39, 0.29) is 18.3 Å². The maximum atomic E-state index is 12.7. The third kappa shape index (κ3) is 6.59. The molecule has 0 spiro atoms. The molecule has 6 nitrogen and oxygen atoms in total. The van der Waals surface area contributed by atoms with E-state index in [1.807, 2.05) is 44.2 Å². The number of amides is 2. The van der Waals surface area contributed by atoms with Gasteiger partial charge in [-0.1, -0.05) is 58.0 Å². The van der Waals surface area contributed by atoms with Crippen molar-refractivity contribution < 1.29 is 19.5 Å². The summed E-state index contributed by atoms with van der Waals surface area (Å²) in [4.78, 5) is 36.4. The molecule has 26 heavy (non-hydrogen) atoms. The number of carbonyl (C=O) groups excluding carboxylic acids is 3. The van der Waals surface area contributed by atoms with Gasteiger partial charge in [-0.2, -0.15) is 0 Å². The van der Waals surface area contributed by atoms with Crippen molar-refractivity contribution in [2.75, 3.05) is 6.61 Å².